The number of aromatic nitrogens is 2. The molecule has 2 aromatic rings. The smallest absolute Gasteiger partial charge is 0.144 e. The van der Waals surface area contributed by atoms with Crippen molar-refractivity contribution in [2.75, 3.05) is 29.9 Å². The van der Waals surface area contributed by atoms with Gasteiger partial charge in [-0.2, -0.15) is 5.26 Å². The van der Waals surface area contributed by atoms with E-state index in [1.54, 1.807) is 12.3 Å². The molecular formula is C16H15BrFN5. The van der Waals surface area contributed by atoms with Crippen molar-refractivity contribution in [1.82, 2.24) is 9.97 Å². The highest BCUT2D eigenvalue weighted by molar-refractivity contribution is 9.10. The minimum absolute atomic E-state index is 0.0959. The molecule has 0 radical (unpaired) electrons. The van der Waals surface area contributed by atoms with Gasteiger partial charge in [-0.15, -0.1) is 0 Å². The zero-order valence-corrected chi connectivity index (χ0v) is 14.2. The van der Waals surface area contributed by atoms with Gasteiger partial charge < -0.3 is 9.80 Å². The van der Waals surface area contributed by atoms with Gasteiger partial charge in [0.2, 0.25) is 0 Å². The predicted molar refractivity (Wildman–Crippen MR) is 89.9 cm³/mol. The molecule has 1 aliphatic heterocycles. The van der Waals surface area contributed by atoms with Gasteiger partial charge in [-0.25, -0.2) is 14.4 Å². The Hall–Kier alpha value is -2.20. The fourth-order valence-corrected chi connectivity index (χ4v) is 3.29. The van der Waals surface area contributed by atoms with E-state index < -0.39 is 5.82 Å². The second-order valence-electron chi connectivity index (χ2n) is 5.46. The van der Waals surface area contributed by atoms with Crippen LogP contribution in [0, 0.1) is 17.1 Å². The molecule has 2 heterocycles. The fraction of sp³-hybridized carbons (Fsp3) is 0.312. The molecule has 0 aliphatic carbocycles. The van der Waals surface area contributed by atoms with Gasteiger partial charge >= 0.3 is 0 Å². The zero-order valence-electron chi connectivity index (χ0n) is 12.6. The van der Waals surface area contributed by atoms with Crippen LogP contribution in [-0.4, -0.2) is 36.1 Å². The van der Waals surface area contributed by atoms with Crippen LogP contribution in [0.4, 0.5) is 15.9 Å². The van der Waals surface area contributed by atoms with Gasteiger partial charge in [-0.1, -0.05) is 15.9 Å². The van der Waals surface area contributed by atoms with Crippen molar-refractivity contribution < 1.29 is 4.39 Å². The van der Waals surface area contributed by atoms with E-state index in [1.807, 2.05) is 19.2 Å². The summed E-state index contributed by atoms with van der Waals surface area (Å²) >= 11 is 3.30. The van der Waals surface area contributed by atoms with E-state index in [-0.39, 0.29) is 11.6 Å². The molecule has 1 aromatic heterocycles. The number of nitriles is 1. The summed E-state index contributed by atoms with van der Waals surface area (Å²) in [5.74, 6) is 0.359. The number of anilines is 2. The lowest BCUT2D eigenvalue weighted by Crippen LogP contribution is -2.35. The van der Waals surface area contributed by atoms with E-state index >= 15 is 0 Å². The molecule has 1 saturated heterocycles. The van der Waals surface area contributed by atoms with Crippen LogP contribution in [0.3, 0.4) is 0 Å². The molecule has 23 heavy (non-hydrogen) atoms. The van der Waals surface area contributed by atoms with Crippen LogP contribution in [-0.2, 0) is 0 Å². The summed E-state index contributed by atoms with van der Waals surface area (Å²) in [6.45, 7) is 1.48. The van der Waals surface area contributed by atoms with Gasteiger partial charge in [0, 0.05) is 36.8 Å². The second kappa shape index (κ2) is 6.50. The second-order valence-corrected chi connectivity index (χ2v) is 6.38. The summed E-state index contributed by atoms with van der Waals surface area (Å²) in [5, 5.41) is 9.24. The average molecular weight is 376 g/mol. The van der Waals surface area contributed by atoms with Gasteiger partial charge in [0.05, 0.1) is 5.69 Å². The van der Waals surface area contributed by atoms with Crippen molar-refractivity contribution in [2.45, 2.75) is 12.5 Å². The Balaban J connectivity index is 1.82. The predicted octanol–water partition coefficient (Wildman–Crippen LogP) is 2.96. The Kier molecular flexibility index (Phi) is 4.44. The minimum Gasteiger partial charge on any atom is -0.368 e. The Morgan fingerprint density at radius 1 is 1.48 bits per heavy atom. The van der Waals surface area contributed by atoms with Crippen molar-refractivity contribution in [1.29, 1.82) is 5.26 Å². The molecule has 1 aliphatic rings. The molecule has 118 valence electrons. The Labute approximate surface area is 142 Å². The lowest BCUT2D eigenvalue weighted by Gasteiger charge is -2.26. The molecule has 7 heteroatoms. The molecule has 5 nitrogen and oxygen atoms in total. The van der Waals surface area contributed by atoms with Crippen molar-refractivity contribution in [3.05, 3.63) is 46.6 Å². The third-order valence-electron chi connectivity index (χ3n) is 4.13. The first kappa shape index (κ1) is 15.7. The lowest BCUT2D eigenvalue weighted by atomic mass is 10.1. The Morgan fingerprint density at radius 3 is 3.00 bits per heavy atom. The van der Waals surface area contributed by atoms with E-state index in [2.05, 4.69) is 35.7 Å². The number of halogens is 2. The molecule has 0 spiro atoms. The number of hydrogen-bond acceptors (Lipinski definition) is 5. The van der Waals surface area contributed by atoms with Crippen LogP contribution in [0.15, 0.2) is 35.2 Å². The van der Waals surface area contributed by atoms with Crippen LogP contribution in [0.5, 0.6) is 0 Å². The van der Waals surface area contributed by atoms with Gasteiger partial charge in [0.1, 0.15) is 29.6 Å². The third kappa shape index (κ3) is 3.13. The van der Waals surface area contributed by atoms with Crippen molar-refractivity contribution in [3.63, 3.8) is 0 Å². The maximum Gasteiger partial charge on any atom is 0.144 e. The Bertz CT molecular complexity index is 746. The minimum atomic E-state index is -0.496. The Morgan fingerprint density at radius 2 is 2.30 bits per heavy atom. The van der Waals surface area contributed by atoms with Crippen LogP contribution < -0.4 is 9.80 Å². The summed E-state index contributed by atoms with van der Waals surface area (Å²) in [7, 11) is 1.99. The largest absolute Gasteiger partial charge is 0.368 e. The van der Waals surface area contributed by atoms with Crippen LogP contribution in [0.25, 0.3) is 0 Å². The molecule has 0 amide bonds. The summed E-state index contributed by atoms with van der Waals surface area (Å²) in [6, 6.07) is 7.21. The first-order valence-electron chi connectivity index (χ1n) is 7.23. The first-order chi connectivity index (χ1) is 11.1. The maximum atomic E-state index is 14.0. The van der Waals surface area contributed by atoms with E-state index in [9.17, 15) is 9.65 Å². The fourth-order valence-electron chi connectivity index (χ4n) is 2.88. The molecule has 0 bridgehead atoms. The normalized spacial score (nSPS) is 17.1. The van der Waals surface area contributed by atoms with E-state index in [4.69, 9.17) is 0 Å². The molecule has 3 rings (SSSR count). The molecule has 1 unspecified atom stereocenters. The van der Waals surface area contributed by atoms with E-state index in [0.717, 1.165) is 18.8 Å². The molecule has 1 aromatic carbocycles. The monoisotopic (exact) mass is 375 g/mol. The number of rotatable bonds is 3. The highest BCUT2D eigenvalue weighted by Gasteiger charge is 2.29. The van der Waals surface area contributed by atoms with Crippen LogP contribution in [0.1, 0.15) is 12.0 Å². The number of benzene rings is 1. The molecule has 1 fully saturated rings. The standard InChI is InChI=1S/C16H15BrFN5/c1-22(16-2-4-20-10-21-16)12-3-5-23(9-12)15-7-11(17)6-14(18)13(15)8-19/h2,4,6-7,10,12H,3,5,9H2,1H3. The van der Waals surface area contributed by atoms with Crippen molar-refractivity contribution in [2.24, 2.45) is 0 Å². The molecule has 0 N–H and O–H groups in total. The SMILES string of the molecule is CN(c1ccncn1)C1CCN(c2cc(Br)cc(F)c2C#N)C1. The van der Waals surface area contributed by atoms with Gasteiger partial charge in [-0.05, 0) is 24.6 Å². The first-order valence-corrected chi connectivity index (χ1v) is 8.02. The van der Waals surface area contributed by atoms with Gasteiger partial charge in [0.15, 0.2) is 0 Å². The lowest BCUT2D eigenvalue weighted by molar-refractivity contribution is 0.622. The van der Waals surface area contributed by atoms with Gasteiger partial charge in [-0.3, -0.25) is 0 Å². The number of likely N-dealkylation sites (N-methyl/N-ethyl adjacent to an activating group) is 1. The highest BCUT2D eigenvalue weighted by Crippen LogP contribution is 2.31. The molecular weight excluding hydrogens is 361 g/mol. The van der Waals surface area contributed by atoms with E-state index in [0.29, 0.717) is 16.7 Å². The highest BCUT2D eigenvalue weighted by atomic mass is 79.9. The van der Waals surface area contributed by atoms with Crippen molar-refractivity contribution in [3.8, 4) is 6.07 Å². The molecule has 0 saturated carbocycles. The van der Waals surface area contributed by atoms with Crippen LogP contribution in [0.2, 0.25) is 0 Å². The quantitative estimate of drug-likeness (QED) is 0.825. The summed E-state index contributed by atoms with van der Waals surface area (Å²) in [6.07, 6.45) is 4.15. The average Bonchev–Trinajstić information content (AvgIpc) is 3.04. The van der Waals surface area contributed by atoms with Crippen molar-refractivity contribution >= 4 is 27.4 Å². The number of hydrogen-bond donors (Lipinski definition) is 0. The zero-order chi connectivity index (χ0) is 16.4. The van der Waals surface area contributed by atoms with Crippen LogP contribution >= 0.6 is 15.9 Å². The summed E-state index contributed by atoms with van der Waals surface area (Å²) in [5.41, 5.74) is 0.733. The third-order valence-corrected chi connectivity index (χ3v) is 4.58. The summed E-state index contributed by atoms with van der Waals surface area (Å²) in [4.78, 5) is 12.3. The number of nitrogens with zero attached hydrogens (tertiary/aromatic N) is 5. The molecule has 1 atom stereocenters. The summed E-state index contributed by atoms with van der Waals surface area (Å²) < 4.78 is 14.6. The van der Waals surface area contributed by atoms with Gasteiger partial charge in [0.25, 0.3) is 0 Å². The maximum absolute atomic E-state index is 14.0. The van der Waals surface area contributed by atoms with E-state index in [1.165, 1.54) is 12.4 Å². The topological polar surface area (TPSA) is 56.1 Å².